The van der Waals surface area contributed by atoms with Gasteiger partial charge in [0.1, 0.15) is 5.75 Å². The van der Waals surface area contributed by atoms with Crippen molar-refractivity contribution < 1.29 is 5.11 Å². The number of anilines is 1. The Morgan fingerprint density at radius 1 is 1.00 bits per heavy atom. The number of benzene rings is 2. The van der Waals surface area contributed by atoms with Gasteiger partial charge in [-0.3, -0.25) is 0 Å². The minimum Gasteiger partial charge on any atom is -0.508 e. The highest BCUT2D eigenvalue weighted by Crippen LogP contribution is 2.15. The molecule has 0 aliphatic carbocycles. The lowest BCUT2D eigenvalue weighted by Gasteiger charge is -2.08. The van der Waals surface area contributed by atoms with Crippen molar-refractivity contribution in [1.29, 1.82) is 0 Å². The normalized spacial score (nSPS) is 10.4. The van der Waals surface area contributed by atoms with Gasteiger partial charge >= 0.3 is 0 Å². The van der Waals surface area contributed by atoms with Crippen LogP contribution in [0.5, 0.6) is 5.75 Å². The Labute approximate surface area is 117 Å². The lowest BCUT2D eigenvalue weighted by atomic mass is 10.2. The number of phenols is 1. The van der Waals surface area contributed by atoms with Crippen molar-refractivity contribution in [1.82, 2.24) is 9.78 Å². The summed E-state index contributed by atoms with van der Waals surface area (Å²) in [5.74, 6) is 0.289. The molecule has 0 saturated carbocycles. The number of hydrogen-bond acceptors (Lipinski definition) is 3. The van der Waals surface area contributed by atoms with Crippen LogP contribution in [0.3, 0.4) is 0 Å². The van der Waals surface area contributed by atoms with E-state index in [1.165, 1.54) is 0 Å². The van der Waals surface area contributed by atoms with E-state index < -0.39 is 0 Å². The Hall–Kier alpha value is -2.75. The smallest absolute Gasteiger partial charge is 0.115 e. The molecular weight excluding hydrogens is 250 g/mol. The average Bonchev–Trinajstić information content (AvgIpc) is 3.01. The third kappa shape index (κ3) is 2.80. The summed E-state index contributed by atoms with van der Waals surface area (Å²) in [6.07, 6.45) is 3.68. The second-order valence-electron chi connectivity index (χ2n) is 4.52. The quantitative estimate of drug-likeness (QED) is 0.761. The van der Waals surface area contributed by atoms with Crippen molar-refractivity contribution in [3.05, 3.63) is 72.6 Å². The molecule has 0 spiro atoms. The Kier molecular flexibility index (Phi) is 3.37. The predicted octanol–water partition coefficient (Wildman–Crippen LogP) is 3.19. The van der Waals surface area contributed by atoms with Crippen molar-refractivity contribution in [2.45, 2.75) is 6.54 Å². The fraction of sp³-hybridized carbons (Fsp3) is 0.0625. The van der Waals surface area contributed by atoms with Gasteiger partial charge < -0.3 is 10.4 Å². The van der Waals surface area contributed by atoms with Gasteiger partial charge in [0.15, 0.2) is 0 Å². The Bertz CT molecular complexity index is 658. The van der Waals surface area contributed by atoms with E-state index in [-0.39, 0.29) is 5.75 Å². The molecule has 0 radical (unpaired) electrons. The van der Waals surface area contributed by atoms with Gasteiger partial charge in [0.05, 0.1) is 5.69 Å². The minimum absolute atomic E-state index is 0.289. The van der Waals surface area contributed by atoms with Crippen molar-refractivity contribution in [2.75, 3.05) is 5.32 Å². The Balaban J connectivity index is 1.65. The summed E-state index contributed by atoms with van der Waals surface area (Å²) in [6.45, 7) is 0.724. The van der Waals surface area contributed by atoms with Crippen LogP contribution in [0.1, 0.15) is 5.56 Å². The number of phenolic OH excluding ortho intramolecular Hbond substituents is 1. The second kappa shape index (κ2) is 5.48. The molecule has 0 aliphatic rings. The fourth-order valence-electron chi connectivity index (χ4n) is 1.97. The number of rotatable bonds is 4. The molecule has 0 saturated heterocycles. The van der Waals surface area contributed by atoms with Crippen LogP contribution in [0, 0.1) is 0 Å². The molecule has 0 aliphatic heterocycles. The van der Waals surface area contributed by atoms with Crippen LogP contribution in [-0.2, 0) is 6.54 Å². The molecule has 4 nitrogen and oxygen atoms in total. The van der Waals surface area contributed by atoms with E-state index >= 15 is 0 Å². The van der Waals surface area contributed by atoms with Gasteiger partial charge in [-0.25, -0.2) is 4.68 Å². The summed E-state index contributed by atoms with van der Waals surface area (Å²) < 4.78 is 1.82. The monoisotopic (exact) mass is 265 g/mol. The summed E-state index contributed by atoms with van der Waals surface area (Å²) in [7, 11) is 0. The molecule has 0 unspecified atom stereocenters. The summed E-state index contributed by atoms with van der Waals surface area (Å²) >= 11 is 0. The zero-order valence-corrected chi connectivity index (χ0v) is 10.9. The van der Waals surface area contributed by atoms with Crippen LogP contribution in [0.4, 0.5) is 5.69 Å². The molecule has 1 heterocycles. The van der Waals surface area contributed by atoms with Gasteiger partial charge in [-0.2, -0.15) is 5.10 Å². The molecule has 0 atom stereocenters. The van der Waals surface area contributed by atoms with Crippen LogP contribution in [0.15, 0.2) is 67.0 Å². The van der Waals surface area contributed by atoms with Gasteiger partial charge in [0.2, 0.25) is 0 Å². The zero-order valence-electron chi connectivity index (χ0n) is 10.9. The number of nitrogens with one attached hydrogen (secondary N) is 1. The van der Waals surface area contributed by atoms with Gasteiger partial charge in [-0.15, -0.1) is 0 Å². The van der Waals surface area contributed by atoms with Crippen molar-refractivity contribution in [3.8, 4) is 11.4 Å². The van der Waals surface area contributed by atoms with E-state index in [0.29, 0.717) is 0 Å². The Morgan fingerprint density at radius 2 is 1.75 bits per heavy atom. The van der Waals surface area contributed by atoms with Gasteiger partial charge in [-0.05, 0) is 48.0 Å². The first-order valence-electron chi connectivity index (χ1n) is 6.43. The van der Waals surface area contributed by atoms with Crippen LogP contribution in [0.25, 0.3) is 5.69 Å². The molecule has 100 valence electrons. The summed E-state index contributed by atoms with van der Waals surface area (Å²) in [5, 5.41) is 16.8. The number of nitrogens with zero attached hydrogens (tertiary/aromatic N) is 2. The molecule has 20 heavy (non-hydrogen) atoms. The average molecular weight is 265 g/mol. The molecular formula is C16H15N3O. The number of aromatic hydroxyl groups is 1. The summed E-state index contributed by atoms with van der Waals surface area (Å²) in [4.78, 5) is 0. The van der Waals surface area contributed by atoms with E-state index in [1.807, 2.05) is 53.3 Å². The molecule has 2 N–H and O–H groups in total. The first-order chi connectivity index (χ1) is 9.81. The van der Waals surface area contributed by atoms with E-state index in [2.05, 4.69) is 10.4 Å². The molecule has 0 bridgehead atoms. The van der Waals surface area contributed by atoms with E-state index in [0.717, 1.165) is 23.5 Å². The zero-order chi connectivity index (χ0) is 13.8. The van der Waals surface area contributed by atoms with Crippen molar-refractivity contribution in [2.24, 2.45) is 0 Å². The van der Waals surface area contributed by atoms with E-state index in [9.17, 15) is 5.11 Å². The van der Waals surface area contributed by atoms with E-state index in [4.69, 9.17) is 0 Å². The standard InChI is InChI=1S/C16H15N3O/c20-16-8-2-13(3-9-16)12-17-14-4-6-15(7-5-14)19-11-1-10-18-19/h1-11,17,20H,12H2. The maximum absolute atomic E-state index is 9.23. The minimum atomic E-state index is 0.289. The highest BCUT2D eigenvalue weighted by atomic mass is 16.3. The second-order valence-corrected chi connectivity index (χ2v) is 4.52. The Morgan fingerprint density at radius 3 is 2.40 bits per heavy atom. The number of aromatic nitrogens is 2. The summed E-state index contributed by atoms with van der Waals surface area (Å²) in [5.41, 5.74) is 3.21. The molecule has 4 heteroatoms. The lowest BCUT2D eigenvalue weighted by Crippen LogP contribution is -2.00. The van der Waals surface area contributed by atoms with Gasteiger partial charge in [0, 0.05) is 24.6 Å². The number of hydrogen-bond donors (Lipinski definition) is 2. The molecule has 3 rings (SSSR count). The van der Waals surface area contributed by atoms with Crippen molar-refractivity contribution in [3.63, 3.8) is 0 Å². The molecule has 0 amide bonds. The van der Waals surface area contributed by atoms with Crippen molar-refractivity contribution >= 4 is 5.69 Å². The third-order valence-electron chi connectivity index (χ3n) is 3.07. The highest BCUT2D eigenvalue weighted by Gasteiger charge is 1.98. The fourth-order valence-corrected chi connectivity index (χ4v) is 1.97. The van der Waals surface area contributed by atoms with Crippen LogP contribution in [-0.4, -0.2) is 14.9 Å². The molecule has 3 aromatic rings. The molecule has 0 fully saturated rings. The highest BCUT2D eigenvalue weighted by molar-refractivity contribution is 5.48. The third-order valence-corrected chi connectivity index (χ3v) is 3.07. The topological polar surface area (TPSA) is 50.1 Å². The summed E-state index contributed by atoms with van der Waals surface area (Å²) in [6, 6.07) is 17.2. The van der Waals surface area contributed by atoms with Crippen LogP contribution < -0.4 is 5.32 Å². The van der Waals surface area contributed by atoms with Gasteiger partial charge in [0.25, 0.3) is 0 Å². The first-order valence-corrected chi connectivity index (χ1v) is 6.43. The maximum atomic E-state index is 9.23. The predicted molar refractivity (Wildman–Crippen MR) is 79.0 cm³/mol. The maximum Gasteiger partial charge on any atom is 0.115 e. The van der Waals surface area contributed by atoms with Crippen LogP contribution >= 0.6 is 0 Å². The largest absolute Gasteiger partial charge is 0.508 e. The first kappa shape index (κ1) is 12.3. The lowest BCUT2D eigenvalue weighted by molar-refractivity contribution is 0.475. The SMILES string of the molecule is Oc1ccc(CNc2ccc(-n3cccn3)cc2)cc1. The molecule has 2 aromatic carbocycles. The van der Waals surface area contributed by atoms with Gasteiger partial charge in [-0.1, -0.05) is 12.1 Å². The van der Waals surface area contributed by atoms with Crippen LogP contribution in [0.2, 0.25) is 0 Å². The van der Waals surface area contributed by atoms with E-state index in [1.54, 1.807) is 18.3 Å². The molecule has 1 aromatic heterocycles.